The van der Waals surface area contributed by atoms with Gasteiger partial charge < -0.3 is 24.5 Å². The molecule has 1 aromatic heterocycles. The number of amides is 1. The lowest BCUT2D eigenvalue weighted by Crippen LogP contribution is -2.43. The number of aryl methyl sites for hydroxylation is 2. The number of nitrogens with zero attached hydrogens (tertiary/aromatic N) is 2. The van der Waals surface area contributed by atoms with E-state index in [2.05, 4.69) is 10.3 Å². The molecule has 0 aliphatic carbocycles. The number of carbonyl (C=O) groups is 2. The molecule has 0 saturated heterocycles. The fraction of sp³-hybridized carbons (Fsp3) is 0.308. The summed E-state index contributed by atoms with van der Waals surface area (Å²) in [6.07, 6.45) is -0.154. The zero-order valence-corrected chi connectivity index (χ0v) is 20.3. The molecule has 9 nitrogen and oxygen atoms in total. The highest BCUT2D eigenvalue weighted by Gasteiger charge is 2.29. The number of nitrogens with one attached hydrogen (secondary N) is 1. The van der Waals surface area contributed by atoms with E-state index < -0.39 is 23.7 Å². The molecule has 0 spiro atoms. The maximum atomic E-state index is 14.2. The molecule has 4 rings (SSSR count). The van der Waals surface area contributed by atoms with E-state index >= 15 is 0 Å². The first-order valence-electron chi connectivity index (χ1n) is 11.3. The van der Waals surface area contributed by atoms with Crippen LogP contribution in [0.2, 0.25) is 0 Å². The zero-order valence-electron chi connectivity index (χ0n) is 20.3. The molecule has 2 aromatic carbocycles. The van der Waals surface area contributed by atoms with Crippen molar-refractivity contribution in [2.45, 2.75) is 33.2 Å². The molecular formula is C26H26FN3O6. The number of halogens is 1. The first-order chi connectivity index (χ1) is 17.1. The Morgan fingerprint density at radius 2 is 1.83 bits per heavy atom. The van der Waals surface area contributed by atoms with Crippen LogP contribution in [0.25, 0.3) is 11.3 Å². The molecule has 0 bridgehead atoms. The van der Waals surface area contributed by atoms with Gasteiger partial charge in [-0.1, -0.05) is 18.2 Å². The number of fused-ring (bicyclic) bond motifs is 1. The SMILES string of the molecule is Cc1cccc(F)c1C(=O)N[C@@H](Cc1ccc(-c2nc(C)c(C)n(C)c2=O)c2c1OCCO2)C(=O)O. The van der Waals surface area contributed by atoms with Gasteiger partial charge in [-0.05, 0) is 38.5 Å². The van der Waals surface area contributed by atoms with E-state index in [4.69, 9.17) is 9.47 Å². The topological polar surface area (TPSA) is 120 Å². The van der Waals surface area contributed by atoms with Crippen LogP contribution in [0.5, 0.6) is 11.5 Å². The smallest absolute Gasteiger partial charge is 0.326 e. The summed E-state index contributed by atoms with van der Waals surface area (Å²) in [5.41, 5.74) is 2.34. The summed E-state index contributed by atoms with van der Waals surface area (Å²) >= 11 is 0. The molecule has 2 heterocycles. The minimum Gasteiger partial charge on any atom is -0.486 e. The predicted molar refractivity (Wildman–Crippen MR) is 129 cm³/mol. The minimum absolute atomic E-state index is 0.154. The van der Waals surface area contributed by atoms with Crippen LogP contribution in [0, 0.1) is 26.6 Å². The largest absolute Gasteiger partial charge is 0.486 e. The number of aromatic nitrogens is 2. The Morgan fingerprint density at radius 3 is 2.50 bits per heavy atom. The van der Waals surface area contributed by atoms with Crippen LogP contribution >= 0.6 is 0 Å². The van der Waals surface area contributed by atoms with Crippen LogP contribution in [-0.2, 0) is 18.3 Å². The van der Waals surface area contributed by atoms with Crippen LogP contribution in [0.3, 0.4) is 0 Å². The molecule has 0 radical (unpaired) electrons. The second-order valence-corrected chi connectivity index (χ2v) is 8.62. The molecule has 0 saturated carbocycles. The van der Waals surface area contributed by atoms with E-state index in [9.17, 15) is 23.9 Å². The Hall–Kier alpha value is -4.21. The summed E-state index contributed by atoms with van der Waals surface area (Å²) in [5, 5.41) is 12.2. The van der Waals surface area contributed by atoms with E-state index in [1.807, 2.05) is 0 Å². The van der Waals surface area contributed by atoms with E-state index in [-0.39, 0.29) is 48.0 Å². The lowest BCUT2D eigenvalue weighted by molar-refractivity contribution is -0.139. The molecule has 1 amide bonds. The van der Waals surface area contributed by atoms with Crippen LogP contribution < -0.4 is 20.3 Å². The van der Waals surface area contributed by atoms with Gasteiger partial charge in [0, 0.05) is 24.7 Å². The Kier molecular flexibility index (Phi) is 6.78. The van der Waals surface area contributed by atoms with Gasteiger partial charge in [0.25, 0.3) is 11.5 Å². The molecule has 1 atom stereocenters. The average Bonchev–Trinajstić information content (AvgIpc) is 2.84. The molecule has 0 unspecified atom stereocenters. The second-order valence-electron chi connectivity index (χ2n) is 8.62. The van der Waals surface area contributed by atoms with Gasteiger partial charge >= 0.3 is 5.97 Å². The van der Waals surface area contributed by atoms with Crippen molar-refractivity contribution >= 4 is 11.9 Å². The van der Waals surface area contributed by atoms with Crippen molar-refractivity contribution in [1.29, 1.82) is 0 Å². The number of carboxylic acids is 1. The molecule has 1 aliphatic heterocycles. The first-order valence-corrected chi connectivity index (χ1v) is 11.3. The standard InChI is InChI=1S/C26H26FN3O6/c1-13-6-5-7-18(27)20(13)24(31)29-19(26(33)34)12-16-8-9-17(23-22(16)35-10-11-36-23)21-25(32)30(4)15(3)14(2)28-21/h5-9,19H,10-12H2,1-4H3,(H,29,31)(H,33,34)/t19-/m0/s1. The lowest BCUT2D eigenvalue weighted by Gasteiger charge is -2.25. The lowest BCUT2D eigenvalue weighted by atomic mass is 9.99. The van der Waals surface area contributed by atoms with Crippen molar-refractivity contribution in [3.63, 3.8) is 0 Å². The van der Waals surface area contributed by atoms with Gasteiger partial charge in [-0.25, -0.2) is 14.2 Å². The van der Waals surface area contributed by atoms with E-state index in [0.29, 0.717) is 22.4 Å². The Morgan fingerprint density at radius 1 is 1.14 bits per heavy atom. The van der Waals surface area contributed by atoms with Gasteiger partial charge in [0.1, 0.15) is 30.8 Å². The number of carboxylic acid groups (broad SMARTS) is 1. The van der Waals surface area contributed by atoms with Crippen molar-refractivity contribution in [1.82, 2.24) is 14.9 Å². The number of hydrogen-bond donors (Lipinski definition) is 2. The van der Waals surface area contributed by atoms with Crippen LogP contribution in [0.4, 0.5) is 4.39 Å². The van der Waals surface area contributed by atoms with Gasteiger partial charge in [-0.15, -0.1) is 0 Å². The Labute approximate surface area is 206 Å². The third-order valence-corrected chi connectivity index (χ3v) is 6.31. The van der Waals surface area contributed by atoms with E-state index in [1.165, 1.54) is 10.6 Å². The summed E-state index contributed by atoms with van der Waals surface area (Å²) in [6.45, 7) is 5.63. The minimum atomic E-state index is -1.37. The molecule has 188 valence electrons. The van der Waals surface area contributed by atoms with Crippen molar-refractivity contribution in [3.8, 4) is 22.8 Å². The van der Waals surface area contributed by atoms with Gasteiger partial charge in [0.2, 0.25) is 0 Å². The monoisotopic (exact) mass is 495 g/mol. The molecule has 0 fully saturated rings. The van der Waals surface area contributed by atoms with Gasteiger partial charge in [0.15, 0.2) is 11.5 Å². The summed E-state index contributed by atoms with van der Waals surface area (Å²) in [6, 6.07) is 6.06. The maximum absolute atomic E-state index is 14.2. The van der Waals surface area contributed by atoms with Crippen molar-refractivity contribution < 1.29 is 28.6 Å². The van der Waals surface area contributed by atoms with Crippen molar-refractivity contribution in [2.24, 2.45) is 7.05 Å². The summed E-state index contributed by atoms with van der Waals surface area (Å²) in [7, 11) is 1.66. The van der Waals surface area contributed by atoms with Gasteiger partial charge in [-0.2, -0.15) is 0 Å². The van der Waals surface area contributed by atoms with Crippen LogP contribution in [0.1, 0.15) is 32.9 Å². The zero-order chi connectivity index (χ0) is 26.1. The van der Waals surface area contributed by atoms with Gasteiger partial charge in [0.05, 0.1) is 16.8 Å². The molecule has 36 heavy (non-hydrogen) atoms. The van der Waals surface area contributed by atoms with Crippen molar-refractivity contribution in [2.75, 3.05) is 13.2 Å². The fourth-order valence-electron chi connectivity index (χ4n) is 4.14. The third-order valence-electron chi connectivity index (χ3n) is 6.31. The Bertz CT molecular complexity index is 1410. The molecule has 1 aliphatic rings. The molecule has 2 N–H and O–H groups in total. The van der Waals surface area contributed by atoms with E-state index in [1.54, 1.807) is 46.0 Å². The fourth-order valence-corrected chi connectivity index (χ4v) is 4.14. The van der Waals surface area contributed by atoms with Crippen molar-refractivity contribution in [3.05, 3.63) is 74.6 Å². The second kappa shape index (κ2) is 9.80. The quantitative estimate of drug-likeness (QED) is 0.540. The highest BCUT2D eigenvalue weighted by molar-refractivity contribution is 5.98. The maximum Gasteiger partial charge on any atom is 0.326 e. The number of aliphatic carboxylic acids is 1. The highest BCUT2D eigenvalue weighted by atomic mass is 19.1. The number of rotatable bonds is 6. The summed E-state index contributed by atoms with van der Waals surface area (Å²) < 4.78 is 27.4. The normalized spacial score (nSPS) is 13.2. The highest BCUT2D eigenvalue weighted by Crippen LogP contribution is 2.41. The number of carbonyl (C=O) groups excluding carboxylic acids is 1. The van der Waals surface area contributed by atoms with Crippen LogP contribution in [-0.4, -0.2) is 45.8 Å². The molecule has 3 aromatic rings. The number of hydrogen-bond acceptors (Lipinski definition) is 6. The number of benzene rings is 2. The third kappa shape index (κ3) is 4.53. The molecule has 10 heteroatoms. The van der Waals surface area contributed by atoms with E-state index in [0.717, 1.165) is 11.8 Å². The van der Waals surface area contributed by atoms with Gasteiger partial charge in [-0.3, -0.25) is 9.59 Å². The van der Waals surface area contributed by atoms with Crippen LogP contribution in [0.15, 0.2) is 35.1 Å². The Balaban J connectivity index is 1.71. The summed E-state index contributed by atoms with van der Waals surface area (Å²) in [5.74, 6) is -2.30. The summed E-state index contributed by atoms with van der Waals surface area (Å²) in [4.78, 5) is 42.1. The first kappa shape index (κ1) is 24.9. The molecular weight excluding hydrogens is 469 g/mol. The predicted octanol–water partition coefficient (Wildman–Crippen LogP) is 2.71. The number of ether oxygens (including phenoxy) is 2. The average molecular weight is 496 g/mol.